The number of piperidine rings is 1. The zero-order valence-corrected chi connectivity index (χ0v) is 13.9. The van der Waals surface area contributed by atoms with Crippen molar-refractivity contribution in [2.75, 3.05) is 45.1 Å². The van der Waals surface area contributed by atoms with Gasteiger partial charge in [0.25, 0.3) is 0 Å². The van der Waals surface area contributed by atoms with Crippen LogP contribution in [-0.2, 0) is 4.79 Å². The van der Waals surface area contributed by atoms with Gasteiger partial charge < -0.3 is 10.2 Å². The lowest BCUT2D eigenvalue weighted by Crippen LogP contribution is -2.59. The van der Waals surface area contributed by atoms with Gasteiger partial charge in [-0.1, -0.05) is 15.9 Å². The molecule has 0 aromatic carbocycles. The predicted octanol–water partition coefficient (Wildman–Crippen LogP) is 1.81. The molecule has 2 aliphatic rings. The molecule has 1 aromatic rings. The highest BCUT2D eigenvalue weighted by atomic mass is 79.9. The van der Waals surface area contributed by atoms with E-state index in [1.165, 1.54) is 25.9 Å². The van der Waals surface area contributed by atoms with Gasteiger partial charge in [-0.2, -0.15) is 0 Å². The van der Waals surface area contributed by atoms with Crippen LogP contribution in [0.4, 0.5) is 5.82 Å². The van der Waals surface area contributed by atoms with E-state index >= 15 is 0 Å². The quantitative estimate of drug-likeness (QED) is 0.901. The summed E-state index contributed by atoms with van der Waals surface area (Å²) >= 11 is 3.38. The Morgan fingerprint density at radius 3 is 2.76 bits per heavy atom. The second kappa shape index (κ2) is 6.02. The van der Waals surface area contributed by atoms with Crippen molar-refractivity contribution in [2.24, 2.45) is 5.41 Å². The number of amides is 1. The average Bonchev–Trinajstić information content (AvgIpc) is 2.39. The van der Waals surface area contributed by atoms with Gasteiger partial charge in [-0.25, -0.2) is 4.98 Å². The molecule has 0 atom stereocenters. The normalized spacial score (nSPS) is 22.0. The fourth-order valence-corrected chi connectivity index (χ4v) is 3.79. The summed E-state index contributed by atoms with van der Waals surface area (Å²) < 4.78 is 0.918. The van der Waals surface area contributed by atoms with Gasteiger partial charge in [-0.05, 0) is 50.5 Å². The van der Waals surface area contributed by atoms with E-state index in [0.29, 0.717) is 17.8 Å². The summed E-state index contributed by atoms with van der Waals surface area (Å²) in [6.45, 7) is 4.93. The van der Waals surface area contributed by atoms with E-state index in [9.17, 15) is 4.79 Å². The molecule has 1 spiro atoms. The van der Waals surface area contributed by atoms with Crippen LogP contribution in [0.3, 0.4) is 0 Å². The minimum atomic E-state index is 0.0160. The summed E-state index contributed by atoms with van der Waals surface area (Å²) in [4.78, 5) is 20.8. The summed E-state index contributed by atoms with van der Waals surface area (Å²) in [5.41, 5.74) is 0.535. The monoisotopic (exact) mass is 352 g/mol. The van der Waals surface area contributed by atoms with Crippen LogP contribution < -0.4 is 5.32 Å². The van der Waals surface area contributed by atoms with Crippen LogP contribution in [0.1, 0.15) is 12.8 Å². The van der Waals surface area contributed by atoms with Gasteiger partial charge in [-0.15, -0.1) is 0 Å². The van der Waals surface area contributed by atoms with Crippen LogP contribution >= 0.6 is 15.9 Å². The van der Waals surface area contributed by atoms with Gasteiger partial charge in [0.05, 0.1) is 6.54 Å². The van der Waals surface area contributed by atoms with E-state index in [0.717, 1.165) is 17.6 Å². The molecule has 3 heterocycles. The van der Waals surface area contributed by atoms with Crippen molar-refractivity contribution in [3.8, 4) is 0 Å². The number of aromatic nitrogens is 1. The predicted molar refractivity (Wildman–Crippen MR) is 86.2 cm³/mol. The SMILES string of the molecule is CN1CC2(CCN(CC(=O)Nc3cc(Br)ccn3)CC2)C1. The van der Waals surface area contributed by atoms with Crippen molar-refractivity contribution < 1.29 is 4.79 Å². The maximum Gasteiger partial charge on any atom is 0.239 e. The number of pyridine rings is 1. The number of anilines is 1. The van der Waals surface area contributed by atoms with E-state index < -0.39 is 0 Å². The molecule has 0 saturated carbocycles. The first-order chi connectivity index (χ1) is 10.0. The molecule has 21 heavy (non-hydrogen) atoms. The zero-order chi connectivity index (χ0) is 14.9. The first-order valence-corrected chi connectivity index (χ1v) is 8.16. The number of nitrogens with zero attached hydrogens (tertiary/aromatic N) is 3. The molecule has 1 N–H and O–H groups in total. The van der Waals surface area contributed by atoms with Crippen molar-refractivity contribution >= 4 is 27.7 Å². The van der Waals surface area contributed by atoms with Crippen LogP contribution in [0.5, 0.6) is 0 Å². The first kappa shape index (κ1) is 14.9. The Labute approximate surface area is 133 Å². The van der Waals surface area contributed by atoms with E-state index in [1.54, 1.807) is 6.20 Å². The lowest BCUT2D eigenvalue weighted by atomic mass is 9.72. The number of hydrogen-bond acceptors (Lipinski definition) is 4. The molecule has 2 fully saturated rings. The minimum absolute atomic E-state index is 0.0160. The fraction of sp³-hybridized carbons (Fsp3) is 0.600. The highest BCUT2D eigenvalue weighted by molar-refractivity contribution is 9.10. The van der Waals surface area contributed by atoms with Crippen LogP contribution in [0.15, 0.2) is 22.8 Å². The number of hydrogen-bond donors (Lipinski definition) is 1. The average molecular weight is 353 g/mol. The fourth-order valence-electron chi connectivity index (χ4n) is 3.46. The zero-order valence-electron chi connectivity index (χ0n) is 12.3. The highest BCUT2D eigenvalue weighted by Gasteiger charge is 2.43. The van der Waals surface area contributed by atoms with E-state index in [-0.39, 0.29) is 5.91 Å². The summed E-state index contributed by atoms with van der Waals surface area (Å²) in [6.07, 6.45) is 4.09. The van der Waals surface area contributed by atoms with Gasteiger partial charge >= 0.3 is 0 Å². The largest absolute Gasteiger partial charge is 0.310 e. The Morgan fingerprint density at radius 1 is 1.43 bits per heavy atom. The molecule has 1 aromatic heterocycles. The van der Waals surface area contributed by atoms with Crippen LogP contribution in [0.25, 0.3) is 0 Å². The maximum atomic E-state index is 12.1. The number of carbonyl (C=O) groups is 1. The third-order valence-corrected chi connectivity index (χ3v) is 4.98. The van der Waals surface area contributed by atoms with Gasteiger partial charge in [0, 0.05) is 23.8 Å². The second-order valence-corrected chi connectivity index (χ2v) is 7.27. The lowest BCUT2D eigenvalue weighted by Gasteiger charge is -2.52. The molecular formula is C15H21BrN4O. The van der Waals surface area contributed by atoms with Gasteiger partial charge in [0.1, 0.15) is 5.82 Å². The topological polar surface area (TPSA) is 48.5 Å². The molecule has 0 bridgehead atoms. The van der Waals surface area contributed by atoms with Gasteiger partial charge in [0.15, 0.2) is 0 Å². The Balaban J connectivity index is 1.46. The van der Waals surface area contributed by atoms with Crippen LogP contribution in [0, 0.1) is 5.41 Å². The van der Waals surface area contributed by atoms with Gasteiger partial charge in [-0.3, -0.25) is 9.69 Å². The third kappa shape index (κ3) is 3.62. The molecule has 2 aliphatic heterocycles. The number of halogens is 1. The van der Waals surface area contributed by atoms with Crippen molar-refractivity contribution in [3.63, 3.8) is 0 Å². The first-order valence-electron chi connectivity index (χ1n) is 7.37. The Bertz CT molecular complexity index is 520. The summed E-state index contributed by atoms with van der Waals surface area (Å²) in [5, 5.41) is 2.86. The van der Waals surface area contributed by atoms with Crippen molar-refractivity contribution in [1.82, 2.24) is 14.8 Å². The standard InChI is InChI=1S/C15H21BrN4O/c1-19-10-15(11-19)3-6-20(7-4-15)9-14(21)18-13-8-12(16)2-5-17-13/h2,5,8H,3-4,6-7,9-11H2,1H3,(H,17,18,21). The lowest BCUT2D eigenvalue weighted by molar-refractivity contribution is -0.118. The van der Waals surface area contributed by atoms with E-state index in [1.807, 2.05) is 12.1 Å². The maximum absolute atomic E-state index is 12.1. The summed E-state index contributed by atoms with van der Waals surface area (Å²) in [7, 11) is 2.18. The molecular weight excluding hydrogens is 332 g/mol. The molecule has 2 saturated heterocycles. The number of carbonyl (C=O) groups excluding carboxylic acids is 1. The van der Waals surface area contributed by atoms with Gasteiger partial charge in [0.2, 0.25) is 5.91 Å². The Morgan fingerprint density at radius 2 is 2.14 bits per heavy atom. The van der Waals surface area contributed by atoms with Crippen molar-refractivity contribution in [3.05, 3.63) is 22.8 Å². The third-order valence-electron chi connectivity index (χ3n) is 4.48. The van der Waals surface area contributed by atoms with Crippen LogP contribution in [-0.4, -0.2) is 60.5 Å². The summed E-state index contributed by atoms with van der Waals surface area (Å²) in [6, 6.07) is 3.66. The second-order valence-electron chi connectivity index (χ2n) is 6.36. The molecule has 3 rings (SSSR count). The Hall–Kier alpha value is -0.980. The highest BCUT2D eigenvalue weighted by Crippen LogP contribution is 2.39. The molecule has 5 nitrogen and oxygen atoms in total. The van der Waals surface area contributed by atoms with Crippen molar-refractivity contribution in [2.45, 2.75) is 12.8 Å². The smallest absolute Gasteiger partial charge is 0.239 e. The number of rotatable bonds is 3. The van der Waals surface area contributed by atoms with E-state index in [2.05, 4.69) is 43.1 Å². The summed E-state index contributed by atoms with van der Waals surface area (Å²) in [5.74, 6) is 0.616. The molecule has 6 heteroatoms. The van der Waals surface area contributed by atoms with Crippen molar-refractivity contribution in [1.29, 1.82) is 0 Å². The molecule has 1 amide bonds. The molecule has 0 unspecified atom stereocenters. The molecule has 0 aliphatic carbocycles. The molecule has 114 valence electrons. The van der Waals surface area contributed by atoms with E-state index in [4.69, 9.17) is 0 Å². The number of likely N-dealkylation sites (tertiary alicyclic amines) is 2. The van der Waals surface area contributed by atoms with Crippen LogP contribution in [0.2, 0.25) is 0 Å². The number of nitrogens with one attached hydrogen (secondary N) is 1. The Kier molecular flexibility index (Phi) is 4.28. The molecule has 0 radical (unpaired) electrons. The minimum Gasteiger partial charge on any atom is -0.310 e.